The Morgan fingerprint density at radius 3 is 2.24 bits per heavy atom. The Kier molecular flexibility index (Phi) is 6.62. The average Bonchev–Trinajstić information content (AvgIpc) is 2.86. The van der Waals surface area contributed by atoms with E-state index < -0.39 is 0 Å². The van der Waals surface area contributed by atoms with E-state index in [0.717, 1.165) is 16.7 Å². The van der Waals surface area contributed by atoms with Gasteiger partial charge in [-0.15, -0.1) is 0 Å². The van der Waals surface area contributed by atoms with Gasteiger partial charge in [-0.05, 0) is 42.3 Å². The Hall–Kier alpha value is -3.82. The van der Waals surface area contributed by atoms with Crippen molar-refractivity contribution in [2.75, 3.05) is 31.5 Å². The Labute approximate surface area is 198 Å². The van der Waals surface area contributed by atoms with Crippen molar-refractivity contribution in [3.63, 3.8) is 0 Å². The maximum absolute atomic E-state index is 13.3. The molecule has 0 aromatic heterocycles. The molecule has 1 fully saturated rings. The SMILES string of the molecule is Cc1ccc(NC(=O)N2CCN(C(=O)c3ccccc3-c3ccccc3C#N)CC2)cc1Cl. The quantitative estimate of drug-likeness (QED) is 0.587. The maximum Gasteiger partial charge on any atom is 0.321 e. The highest BCUT2D eigenvalue weighted by Gasteiger charge is 2.26. The smallest absolute Gasteiger partial charge is 0.321 e. The van der Waals surface area contributed by atoms with E-state index in [1.807, 2.05) is 49.4 Å². The summed E-state index contributed by atoms with van der Waals surface area (Å²) in [5, 5.41) is 12.9. The predicted molar refractivity (Wildman–Crippen MR) is 129 cm³/mol. The molecule has 0 unspecified atom stereocenters. The third-order valence-corrected chi connectivity index (χ3v) is 6.18. The fourth-order valence-electron chi connectivity index (χ4n) is 3.88. The topological polar surface area (TPSA) is 76.4 Å². The van der Waals surface area contributed by atoms with E-state index >= 15 is 0 Å². The lowest BCUT2D eigenvalue weighted by Gasteiger charge is -2.35. The highest BCUT2D eigenvalue weighted by molar-refractivity contribution is 6.31. The molecule has 6 nitrogen and oxygen atoms in total. The number of halogens is 1. The number of carbonyl (C=O) groups excluding carboxylic acids is 2. The molecule has 1 heterocycles. The number of carbonyl (C=O) groups is 2. The van der Waals surface area contributed by atoms with E-state index in [9.17, 15) is 14.9 Å². The number of hydrogen-bond acceptors (Lipinski definition) is 3. The third kappa shape index (κ3) is 4.84. The Bertz CT molecular complexity index is 1240. The number of aryl methyl sites for hydroxylation is 1. The molecule has 1 saturated heterocycles. The minimum absolute atomic E-state index is 0.108. The molecular formula is C26H23ClN4O2. The number of urea groups is 1. The minimum atomic E-state index is -0.217. The summed E-state index contributed by atoms with van der Waals surface area (Å²) in [6.07, 6.45) is 0. The molecule has 166 valence electrons. The van der Waals surface area contributed by atoms with Gasteiger partial charge >= 0.3 is 6.03 Å². The second kappa shape index (κ2) is 9.76. The molecule has 0 aliphatic carbocycles. The number of nitriles is 1. The van der Waals surface area contributed by atoms with Crippen LogP contribution in [-0.4, -0.2) is 47.9 Å². The molecule has 1 aliphatic rings. The first kappa shape index (κ1) is 22.4. The number of benzene rings is 3. The van der Waals surface area contributed by atoms with Crippen LogP contribution < -0.4 is 5.32 Å². The number of rotatable bonds is 3. The average molecular weight is 459 g/mol. The van der Waals surface area contributed by atoms with Gasteiger partial charge in [0.15, 0.2) is 0 Å². The fourth-order valence-corrected chi connectivity index (χ4v) is 4.06. The zero-order chi connectivity index (χ0) is 23.4. The Morgan fingerprint density at radius 2 is 1.55 bits per heavy atom. The van der Waals surface area contributed by atoms with Crippen LogP contribution in [0.5, 0.6) is 0 Å². The van der Waals surface area contributed by atoms with Gasteiger partial charge in [0.2, 0.25) is 0 Å². The van der Waals surface area contributed by atoms with E-state index in [1.54, 1.807) is 34.1 Å². The highest BCUT2D eigenvalue weighted by Crippen LogP contribution is 2.28. The van der Waals surface area contributed by atoms with E-state index in [0.29, 0.717) is 48.0 Å². The van der Waals surface area contributed by atoms with Gasteiger partial charge in [-0.25, -0.2) is 4.79 Å². The van der Waals surface area contributed by atoms with Crippen LogP contribution in [0.4, 0.5) is 10.5 Å². The monoisotopic (exact) mass is 458 g/mol. The normalized spacial score (nSPS) is 13.4. The van der Waals surface area contributed by atoms with Crippen molar-refractivity contribution < 1.29 is 9.59 Å². The summed E-state index contributed by atoms with van der Waals surface area (Å²) in [4.78, 5) is 29.4. The first-order valence-electron chi connectivity index (χ1n) is 10.7. The lowest BCUT2D eigenvalue weighted by Crippen LogP contribution is -2.51. The summed E-state index contributed by atoms with van der Waals surface area (Å²) >= 11 is 6.14. The first-order valence-corrected chi connectivity index (χ1v) is 11.1. The van der Waals surface area contributed by atoms with Gasteiger partial charge in [0, 0.05) is 48.0 Å². The second-order valence-corrected chi connectivity index (χ2v) is 8.28. The van der Waals surface area contributed by atoms with E-state index in [4.69, 9.17) is 11.6 Å². The third-order valence-electron chi connectivity index (χ3n) is 5.77. The summed E-state index contributed by atoms with van der Waals surface area (Å²) in [5.74, 6) is -0.108. The van der Waals surface area contributed by atoms with Crippen molar-refractivity contribution in [2.24, 2.45) is 0 Å². The lowest BCUT2D eigenvalue weighted by atomic mass is 9.95. The number of anilines is 1. The molecule has 4 rings (SSSR count). The highest BCUT2D eigenvalue weighted by atomic mass is 35.5. The Balaban J connectivity index is 1.45. The van der Waals surface area contributed by atoms with Crippen LogP contribution in [-0.2, 0) is 0 Å². The first-order chi connectivity index (χ1) is 16.0. The Morgan fingerprint density at radius 1 is 0.909 bits per heavy atom. The van der Waals surface area contributed by atoms with Gasteiger partial charge in [0.1, 0.15) is 0 Å². The number of amides is 3. The fraction of sp³-hybridized carbons (Fsp3) is 0.192. The van der Waals surface area contributed by atoms with Crippen molar-refractivity contribution in [3.8, 4) is 17.2 Å². The van der Waals surface area contributed by atoms with Crippen LogP contribution in [0.1, 0.15) is 21.5 Å². The van der Waals surface area contributed by atoms with Crippen molar-refractivity contribution in [3.05, 3.63) is 88.4 Å². The van der Waals surface area contributed by atoms with E-state index in [-0.39, 0.29) is 11.9 Å². The number of piperazine rings is 1. The van der Waals surface area contributed by atoms with Crippen LogP contribution in [0.15, 0.2) is 66.7 Å². The van der Waals surface area contributed by atoms with Gasteiger partial charge in [-0.3, -0.25) is 4.79 Å². The summed E-state index contributed by atoms with van der Waals surface area (Å²) in [7, 11) is 0. The molecule has 0 atom stereocenters. The van der Waals surface area contributed by atoms with E-state index in [2.05, 4.69) is 11.4 Å². The van der Waals surface area contributed by atoms with E-state index in [1.165, 1.54) is 0 Å². The van der Waals surface area contributed by atoms with Crippen LogP contribution in [0.3, 0.4) is 0 Å². The van der Waals surface area contributed by atoms with Gasteiger partial charge in [0.05, 0.1) is 11.6 Å². The number of hydrogen-bond donors (Lipinski definition) is 1. The molecule has 1 aliphatic heterocycles. The van der Waals surface area contributed by atoms with Gasteiger partial charge in [0.25, 0.3) is 5.91 Å². The van der Waals surface area contributed by atoms with Crippen molar-refractivity contribution in [1.82, 2.24) is 9.80 Å². The van der Waals surface area contributed by atoms with Crippen LogP contribution in [0, 0.1) is 18.3 Å². The lowest BCUT2D eigenvalue weighted by molar-refractivity contribution is 0.0672. The largest absolute Gasteiger partial charge is 0.335 e. The van der Waals surface area contributed by atoms with Gasteiger partial charge in [-0.2, -0.15) is 5.26 Å². The molecular weight excluding hydrogens is 436 g/mol. The number of nitrogens with zero attached hydrogens (tertiary/aromatic N) is 3. The van der Waals surface area contributed by atoms with Crippen molar-refractivity contribution in [1.29, 1.82) is 5.26 Å². The van der Waals surface area contributed by atoms with Gasteiger partial charge < -0.3 is 15.1 Å². The zero-order valence-electron chi connectivity index (χ0n) is 18.2. The minimum Gasteiger partial charge on any atom is -0.335 e. The van der Waals surface area contributed by atoms with Crippen molar-refractivity contribution in [2.45, 2.75) is 6.92 Å². The molecule has 1 N–H and O–H groups in total. The van der Waals surface area contributed by atoms with Crippen LogP contribution in [0.25, 0.3) is 11.1 Å². The van der Waals surface area contributed by atoms with Crippen LogP contribution in [0.2, 0.25) is 5.02 Å². The summed E-state index contributed by atoms with van der Waals surface area (Å²) in [6, 6.07) is 22.0. The molecule has 33 heavy (non-hydrogen) atoms. The standard InChI is InChI=1S/C26H23ClN4O2/c1-18-10-11-20(16-24(18)27)29-26(33)31-14-12-30(13-15-31)25(32)23-9-5-4-8-22(23)21-7-3-2-6-19(21)17-28/h2-11,16H,12-15H2,1H3,(H,29,33). The maximum atomic E-state index is 13.3. The van der Waals surface area contributed by atoms with Crippen molar-refractivity contribution >= 4 is 29.2 Å². The van der Waals surface area contributed by atoms with Crippen LogP contribution >= 0.6 is 11.6 Å². The summed E-state index contributed by atoms with van der Waals surface area (Å²) in [5.41, 5.74) is 4.12. The molecule has 3 aromatic rings. The molecule has 3 aromatic carbocycles. The summed E-state index contributed by atoms with van der Waals surface area (Å²) < 4.78 is 0. The molecule has 0 spiro atoms. The molecule has 0 bridgehead atoms. The summed E-state index contributed by atoms with van der Waals surface area (Å²) in [6.45, 7) is 3.60. The number of nitrogens with one attached hydrogen (secondary N) is 1. The zero-order valence-corrected chi connectivity index (χ0v) is 19.0. The molecule has 3 amide bonds. The molecule has 0 radical (unpaired) electrons. The second-order valence-electron chi connectivity index (χ2n) is 7.88. The molecule has 0 saturated carbocycles. The molecule has 7 heteroatoms. The van der Waals surface area contributed by atoms with Gasteiger partial charge in [-0.1, -0.05) is 54.1 Å². The predicted octanol–water partition coefficient (Wildman–Crippen LogP) is 5.18.